The summed E-state index contributed by atoms with van der Waals surface area (Å²) in [6.07, 6.45) is 3.19. The fourth-order valence-electron chi connectivity index (χ4n) is 2.79. The van der Waals surface area contributed by atoms with Gasteiger partial charge in [-0.1, -0.05) is 0 Å². The average molecular weight is 266 g/mol. The maximum atomic E-state index is 5.14. The smallest absolute Gasteiger partial charge is 0.120 e. The van der Waals surface area contributed by atoms with Crippen LogP contribution in [0.4, 0.5) is 0 Å². The van der Waals surface area contributed by atoms with Crippen molar-refractivity contribution in [2.45, 2.75) is 19.9 Å². The molecule has 1 aliphatic rings. The number of methoxy groups -OCH3 is 1. The topological polar surface area (TPSA) is 44.4 Å². The Morgan fingerprint density at radius 2 is 2.42 bits per heavy atom. The van der Waals surface area contributed by atoms with Crippen LogP contribution in [0.25, 0.3) is 0 Å². The van der Waals surface area contributed by atoms with E-state index >= 15 is 0 Å². The molecule has 108 valence electrons. The zero-order chi connectivity index (χ0) is 13.7. The van der Waals surface area contributed by atoms with Crippen LogP contribution in [0, 0.1) is 12.8 Å². The van der Waals surface area contributed by atoms with Crippen LogP contribution in [0.15, 0.2) is 6.20 Å². The van der Waals surface area contributed by atoms with Crippen molar-refractivity contribution in [3.63, 3.8) is 0 Å². The van der Waals surface area contributed by atoms with Gasteiger partial charge in [0, 0.05) is 38.6 Å². The van der Waals surface area contributed by atoms with E-state index in [2.05, 4.69) is 26.8 Å². The summed E-state index contributed by atoms with van der Waals surface area (Å²) >= 11 is 0. The quantitative estimate of drug-likeness (QED) is 0.803. The van der Waals surface area contributed by atoms with Gasteiger partial charge in [0.2, 0.25) is 0 Å². The molecule has 0 aliphatic carbocycles. The van der Waals surface area contributed by atoms with Crippen LogP contribution in [-0.4, -0.2) is 66.7 Å². The predicted octanol–water partition coefficient (Wildman–Crippen LogP) is 1.12. The maximum Gasteiger partial charge on any atom is 0.120 e. The Balaban J connectivity index is 1.70. The van der Waals surface area contributed by atoms with Crippen molar-refractivity contribution in [2.24, 2.45) is 5.92 Å². The zero-order valence-corrected chi connectivity index (χ0v) is 12.4. The van der Waals surface area contributed by atoms with Crippen molar-refractivity contribution in [2.75, 3.05) is 46.9 Å². The molecule has 0 spiro atoms. The third kappa shape index (κ3) is 4.60. The summed E-state index contributed by atoms with van der Waals surface area (Å²) in [4.78, 5) is 12.5. The Bertz CT molecular complexity index is 379. The summed E-state index contributed by atoms with van der Waals surface area (Å²) in [6.45, 7) is 8.40. The van der Waals surface area contributed by atoms with Crippen LogP contribution in [0.2, 0.25) is 0 Å². The van der Waals surface area contributed by atoms with Crippen LogP contribution in [-0.2, 0) is 11.3 Å². The first-order valence-electron chi connectivity index (χ1n) is 7.07. The van der Waals surface area contributed by atoms with Gasteiger partial charge in [-0.15, -0.1) is 0 Å². The highest BCUT2D eigenvalue weighted by Gasteiger charge is 2.23. The van der Waals surface area contributed by atoms with E-state index in [1.165, 1.54) is 19.5 Å². The van der Waals surface area contributed by atoms with Gasteiger partial charge in [0.05, 0.1) is 13.2 Å². The highest BCUT2D eigenvalue weighted by atomic mass is 16.5. The first kappa shape index (κ1) is 14.5. The van der Waals surface area contributed by atoms with E-state index in [0.29, 0.717) is 0 Å². The summed E-state index contributed by atoms with van der Waals surface area (Å²) < 4.78 is 5.14. The number of aromatic amines is 1. The average Bonchev–Trinajstić information content (AvgIpc) is 2.96. The number of aryl methyl sites for hydroxylation is 1. The molecule has 1 fully saturated rings. The minimum absolute atomic E-state index is 0.776. The molecule has 0 aromatic carbocycles. The van der Waals surface area contributed by atoms with E-state index in [1.54, 1.807) is 7.11 Å². The number of ether oxygens (including phenoxy) is 1. The summed E-state index contributed by atoms with van der Waals surface area (Å²) in [5.41, 5.74) is 1.13. The summed E-state index contributed by atoms with van der Waals surface area (Å²) in [6, 6.07) is 0. The molecule has 1 saturated heterocycles. The summed E-state index contributed by atoms with van der Waals surface area (Å²) in [7, 11) is 3.95. The van der Waals surface area contributed by atoms with Gasteiger partial charge in [-0.05, 0) is 32.9 Å². The molecule has 0 bridgehead atoms. The second-order valence-corrected chi connectivity index (χ2v) is 5.66. The molecule has 0 unspecified atom stereocenters. The first-order chi connectivity index (χ1) is 9.17. The molecule has 19 heavy (non-hydrogen) atoms. The van der Waals surface area contributed by atoms with E-state index < -0.39 is 0 Å². The molecule has 0 radical (unpaired) electrons. The number of aromatic nitrogens is 2. The third-order valence-corrected chi connectivity index (χ3v) is 3.73. The number of nitrogens with one attached hydrogen (secondary N) is 1. The summed E-state index contributed by atoms with van der Waals surface area (Å²) in [5.74, 6) is 1.84. The van der Waals surface area contributed by atoms with Gasteiger partial charge in [0.1, 0.15) is 5.82 Å². The molecule has 1 aromatic heterocycles. The van der Waals surface area contributed by atoms with Crippen molar-refractivity contribution in [3.05, 3.63) is 17.7 Å². The molecule has 1 aromatic rings. The second kappa shape index (κ2) is 7.03. The van der Waals surface area contributed by atoms with Crippen molar-refractivity contribution >= 4 is 0 Å². The molecule has 1 aliphatic heterocycles. The Kier molecular flexibility index (Phi) is 5.36. The maximum absolute atomic E-state index is 5.14. The Hall–Kier alpha value is -0.910. The largest absolute Gasteiger partial charge is 0.383 e. The zero-order valence-electron chi connectivity index (χ0n) is 12.4. The van der Waals surface area contributed by atoms with Gasteiger partial charge in [-0.2, -0.15) is 0 Å². The van der Waals surface area contributed by atoms with E-state index in [4.69, 9.17) is 4.74 Å². The SMILES string of the molecule is COCCN1CC[C@@H](CN(C)Cc2ncc(C)[nH]2)C1. The van der Waals surface area contributed by atoms with Crippen molar-refractivity contribution in [1.29, 1.82) is 0 Å². The van der Waals surface area contributed by atoms with Gasteiger partial charge in [0.25, 0.3) is 0 Å². The van der Waals surface area contributed by atoms with E-state index in [0.717, 1.165) is 43.7 Å². The monoisotopic (exact) mass is 266 g/mol. The molecule has 5 heteroatoms. The van der Waals surface area contributed by atoms with Crippen LogP contribution in [0.1, 0.15) is 17.9 Å². The molecule has 1 N–H and O–H groups in total. The van der Waals surface area contributed by atoms with Gasteiger partial charge < -0.3 is 14.6 Å². The number of nitrogens with zero attached hydrogens (tertiary/aromatic N) is 3. The Morgan fingerprint density at radius 3 is 3.11 bits per heavy atom. The molecule has 2 rings (SSSR count). The van der Waals surface area contributed by atoms with E-state index in [-0.39, 0.29) is 0 Å². The van der Waals surface area contributed by atoms with Gasteiger partial charge in [-0.25, -0.2) is 4.98 Å². The first-order valence-corrected chi connectivity index (χ1v) is 7.07. The second-order valence-electron chi connectivity index (χ2n) is 5.66. The minimum atomic E-state index is 0.776. The van der Waals surface area contributed by atoms with Crippen LogP contribution < -0.4 is 0 Å². The van der Waals surface area contributed by atoms with Gasteiger partial charge in [0.15, 0.2) is 0 Å². The molecule has 1 atom stereocenters. The van der Waals surface area contributed by atoms with Crippen LogP contribution >= 0.6 is 0 Å². The number of rotatable bonds is 7. The standard InChI is InChI=1S/C14H26N4O/c1-12-8-15-14(16-12)11-17(2)9-13-4-5-18(10-13)6-7-19-3/h8,13H,4-7,9-11H2,1-3H3,(H,15,16)/t13-/m0/s1. The highest BCUT2D eigenvalue weighted by molar-refractivity contribution is 4.98. The molecule has 5 nitrogen and oxygen atoms in total. The number of H-pyrrole nitrogens is 1. The summed E-state index contributed by atoms with van der Waals surface area (Å²) in [5, 5.41) is 0. The lowest BCUT2D eigenvalue weighted by molar-refractivity contribution is 0.157. The fraction of sp³-hybridized carbons (Fsp3) is 0.786. The lowest BCUT2D eigenvalue weighted by Gasteiger charge is -2.20. The number of hydrogen-bond acceptors (Lipinski definition) is 4. The van der Waals surface area contributed by atoms with E-state index in [9.17, 15) is 0 Å². The Morgan fingerprint density at radius 1 is 1.58 bits per heavy atom. The number of hydrogen-bond donors (Lipinski definition) is 1. The number of likely N-dealkylation sites (tertiary alicyclic amines) is 1. The van der Waals surface area contributed by atoms with Crippen LogP contribution in [0.3, 0.4) is 0 Å². The predicted molar refractivity (Wildman–Crippen MR) is 76.1 cm³/mol. The lowest BCUT2D eigenvalue weighted by Crippen LogP contribution is -2.29. The van der Waals surface area contributed by atoms with Gasteiger partial charge in [-0.3, -0.25) is 4.90 Å². The number of imidazole rings is 1. The lowest BCUT2D eigenvalue weighted by atomic mass is 10.1. The minimum Gasteiger partial charge on any atom is -0.383 e. The molecular weight excluding hydrogens is 240 g/mol. The molecule has 0 saturated carbocycles. The fourth-order valence-corrected chi connectivity index (χ4v) is 2.79. The van der Waals surface area contributed by atoms with E-state index in [1.807, 2.05) is 13.1 Å². The van der Waals surface area contributed by atoms with Gasteiger partial charge >= 0.3 is 0 Å². The highest BCUT2D eigenvalue weighted by Crippen LogP contribution is 2.17. The van der Waals surface area contributed by atoms with Crippen molar-refractivity contribution in [3.8, 4) is 0 Å². The normalized spacial score (nSPS) is 20.5. The molecule has 2 heterocycles. The van der Waals surface area contributed by atoms with Crippen LogP contribution in [0.5, 0.6) is 0 Å². The Labute approximate surface area is 116 Å². The molecule has 0 amide bonds. The van der Waals surface area contributed by atoms with Crippen molar-refractivity contribution in [1.82, 2.24) is 19.8 Å². The molecular formula is C14H26N4O. The van der Waals surface area contributed by atoms with Crippen molar-refractivity contribution < 1.29 is 4.74 Å². The third-order valence-electron chi connectivity index (χ3n) is 3.73.